The summed E-state index contributed by atoms with van der Waals surface area (Å²) in [4.78, 5) is 9.81. The maximum atomic E-state index is 5.48. The van der Waals surface area contributed by atoms with E-state index in [-0.39, 0.29) is 0 Å². The summed E-state index contributed by atoms with van der Waals surface area (Å²) in [5.41, 5.74) is 2.61. The number of nitrogen functional groups attached to an aromatic ring is 1. The van der Waals surface area contributed by atoms with Crippen molar-refractivity contribution in [1.82, 2.24) is 19.7 Å². The molecule has 0 spiro atoms. The van der Waals surface area contributed by atoms with Gasteiger partial charge in [0, 0.05) is 6.20 Å². The van der Waals surface area contributed by atoms with Crippen molar-refractivity contribution in [1.29, 1.82) is 0 Å². The standard InChI is InChI=1S/C10H9IN6S/c11-6-3-13-17(4-6)5-8-14-9(16-12)7-1-2-18-10(7)15-8/h1-4H,5,12H2,(H,14,15,16). The molecule has 3 heterocycles. The lowest BCUT2D eigenvalue weighted by Gasteiger charge is -2.05. The normalized spacial score (nSPS) is 11.0. The van der Waals surface area contributed by atoms with Gasteiger partial charge in [0.15, 0.2) is 11.6 Å². The Bertz CT molecular complexity index is 691. The number of halogens is 1. The molecule has 0 bridgehead atoms. The molecule has 18 heavy (non-hydrogen) atoms. The van der Waals surface area contributed by atoms with Crippen LogP contribution in [-0.4, -0.2) is 19.7 Å². The van der Waals surface area contributed by atoms with Gasteiger partial charge in [-0.1, -0.05) is 0 Å². The molecule has 0 aromatic carbocycles. The van der Waals surface area contributed by atoms with Crippen molar-refractivity contribution in [2.24, 2.45) is 5.84 Å². The lowest BCUT2D eigenvalue weighted by molar-refractivity contribution is 0.658. The summed E-state index contributed by atoms with van der Waals surface area (Å²) >= 11 is 3.79. The summed E-state index contributed by atoms with van der Waals surface area (Å²) in [6, 6.07) is 1.95. The molecule has 0 aliphatic rings. The summed E-state index contributed by atoms with van der Waals surface area (Å²) in [7, 11) is 0. The van der Waals surface area contributed by atoms with Crippen molar-refractivity contribution in [3.05, 3.63) is 33.2 Å². The molecule has 0 saturated heterocycles. The highest BCUT2D eigenvalue weighted by Gasteiger charge is 2.08. The number of hydrazine groups is 1. The van der Waals surface area contributed by atoms with E-state index in [1.807, 2.05) is 17.6 Å². The predicted octanol–water partition coefficient (Wildman–Crippen LogP) is 1.83. The van der Waals surface area contributed by atoms with E-state index in [0.717, 1.165) is 13.8 Å². The monoisotopic (exact) mass is 372 g/mol. The Labute approximate surface area is 120 Å². The van der Waals surface area contributed by atoms with E-state index in [0.29, 0.717) is 18.2 Å². The smallest absolute Gasteiger partial charge is 0.153 e. The van der Waals surface area contributed by atoms with Crippen LogP contribution in [0.2, 0.25) is 0 Å². The number of hydrogen-bond donors (Lipinski definition) is 2. The molecule has 0 atom stereocenters. The molecule has 0 amide bonds. The molecule has 0 unspecified atom stereocenters. The van der Waals surface area contributed by atoms with Gasteiger partial charge in [0.25, 0.3) is 0 Å². The molecule has 3 aromatic rings. The highest BCUT2D eigenvalue weighted by atomic mass is 127. The van der Waals surface area contributed by atoms with Gasteiger partial charge in [-0.3, -0.25) is 4.68 Å². The van der Waals surface area contributed by atoms with Gasteiger partial charge >= 0.3 is 0 Å². The number of nitrogens with zero attached hydrogens (tertiary/aromatic N) is 4. The zero-order valence-corrected chi connectivity index (χ0v) is 12.1. The zero-order valence-electron chi connectivity index (χ0n) is 9.17. The SMILES string of the molecule is NNc1nc(Cn2cc(I)cn2)nc2sccc12. The Kier molecular flexibility index (Phi) is 3.14. The van der Waals surface area contributed by atoms with E-state index in [2.05, 4.69) is 43.1 Å². The molecule has 3 rings (SSSR count). The third-order valence-electron chi connectivity index (χ3n) is 2.41. The second-order valence-corrected chi connectivity index (χ2v) is 5.77. The van der Waals surface area contributed by atoms with Crippen LogP contribution >= 0.6 is 33.9 Å². The van der Waals surface area contributed by atoms with Crippen molar-refractivity contribution in [2.45, 2.75) is 6.54 Å². The number of nitrogens with one attached hydrogen (secondary N) is 1. The second-order valence-electron chi connectivity index (χ2n) is 3.63. The molecule has 0 saturated carbocycles. The third-order valence-corrected chi connectivity index (χ3v) is 3.78. The number of aromatic nitrogens is 4. The Balaban J connectivity index is 2.01. The van der Waals surface area contributed by atoms with E-state index < -0.39 is 0 Å². The molecule has 3 aromatic heterocycles. The third kappa shape index (κ3) is 2.18. The molecular weight excluding hydrogens is 363 g/mol. The first kappa shape index (κ1) is 11.8. The van der Waals surface area contributed by atoms with Crippen LogP contribution in [0.25, 0.3) is 10.2 Å². The first-order valence-corrected chi connectivity index (χ1v) is 7.11. The fourth-order valence-corrected chi connectivity index (χ4v) is 2.88. The van der Waals surface area contributed by atoms with Gasteiger partial charge in [-0.25, -0.2) is 15.8 Å². The number of hydrogen-bond acceptors (Lipinski definition) is 6. The van der Waals surface area contributed by atoms with Crippen molar-refractivity contribution >= 4 is 50.0 Å². The van der Waals surface area contributed by atoms with Crippen LogP contribution in [-0.2, 0) is 6.54 Å². The van der Waals surface area contributed by atoms with Gasteiger partial charge < -0.3 is 5.43 Å². The van der Waals surface area contributed by atoms with E-state index in [9.17, 15) is 0 Å². The predicted molar refractivity (Wildman–Crippen MR) is 79.3 cm³/mol. The number of anilines is 1. The summed E-state index contributed by atoms with van der Waals surface area (Å²) in [5, 5.41) is 7.13. The first-order chi connectivity index (χ1) is 8.76. The van der Waals surface area contributed by atoms with E-state index in [1.165, 1.54) is 0 Å². The highest BCUT2D eigenvalue weighted by molar-refractivity contribution is 14.1. The fourth-order valence-electron chi connectivity index (χ4n) is 1.65. The summed E-state index contributed by atoms with van der Waals surface area (Å²) in [6.45, 7) is 0.533. The quantitative estimate of drug-likeness (QED) is 0.417. The van der Waals surface area contributed by atoms with Crippen molar-refractivity contribution in [3.63, 3.8) is 0 Å². The van der Waals surface area contributed by atoms with Crippen LogP contribution < -0.4 is 11.3 Å². The van der Waals surface area contributed by atoms with Crippen molar-refractivity contribution in [2.75, 3.05) is 5.43 Å². The van der Waals surface area contributed by atoms with Crippen LogP contribution in [0.1, 0.15) is 5.82 Å². The van der Waals surface area contributed by atoms with Gasteiger partial charge in [-0.05, 0) is 34.0 Å². The Morgan fingerprint density at radius 1 is 1.44 bits per heavy atom. The maximum absolute atomic E-state index is 5.48. The number of nitrogens with two attached hydrogens (primary N) is 1. The summed E-state index contributed by atoms with van der Waals surface area (Å²) < 4.78 is 2.89. The molecule has 3 N–H and O–H groups in total. The molecule has 0 aliphatic heterocycles. The molecule has 92 valence electrons. The Morgan fingerprint density at radius 3 is 3.06 bits per heavy atom. The lowest BCUT2D eigenvalue weighted by Crippen LogP contribution is -2.12. The van der Waals surface area contributed by atoms with Crippen LogP contribution in [0.15, 0.2) is 23.8 Å². The zero-order chi connectivity index (χ0) is 12.5. The molecule has 0 aliphatic carbocycles. The van der Waals surface area contributed by atoms with Crippen LogP contribution in [0, 0.1) is 3.57 Å². The number of thiophene rings is 1. The van der Waals surface area contributed by atoms with Crippen LogP contribution in [0.5, 0.6) is 0 Å². The molecule has 0 fully saturated rings. The minimum atomic E-state index is 0.533. The molecular formula is C10H9IN6S. The first-order valence-electron chi connectivity index (χ1n) is 5.15. The van der Waals surface area contributed by atoms with Gasteiger partial charge in [-0.2, -0.15) is 5.10 Å². The highest BCUT2D eigenvalue weighted by Crippen LogP contribution is 2.24. The average molecular weight is 372 g/mol. The Morgan fingerprint density at radius 2 is 2.33 bits per heavy atom. The van der Waals surface area contributed by atoms with Gasteiger partial charge in [-0.15, -0.1) is 11.3 Å². The van der Waals surface area contributed by atoms with Crippen LogP contribution in [0.3, 0.4) is 0 Å². The number of fused-ring (bicyclic) bond motifs is 1. The van der Waals surface area contributed by atoms with Gasteiger partial charge in [0.2, 0.25) is 0 Å². The molecule has 6 nitrogen and oxygen atoms in total. The van der Waals surface area contributed by atoms with Gasteiger partial charge in [0.1, 0.15) is 11.4 Å². The largest absolute Gasteiger partial charge is 0.308 e. The van der Waals surface area contributed by atoms with Crippen molar-refractivity contribution in [3.8, 4) is 0 Å². The molecule has 0 radical (unpaired) electrons. The minimum absolute atomic E-state index is 0.533. The minimum Gasteiger partial charge on any atom is -0.308 e. The number of rotatable bonds is 3. The lowest BCUT2D eigenvalue weighted by atomic mass is 10.4. The topological polar surface area (TPSA) is 81.6 Å². The maximum Gasteiger partial charge on any atom is 0.153 e. The fraction of sp³-hybridized carbons (Fsp3) is 0.100. The summed E-state index contributed by atoms with van der Waals surface area (Å²) in [6.07, 6.45) is 3.74. The van der Waals surface area contributed by atoms with Crippen molar-refractivity contribution < 1.29 is 0 Å². The van der Waals surface area contributed by atoms with E-state index >= 15 is 0 Å². The van der Waals surface area contributed by atoms with Crippen LogP contribution in [0.4, 0.5) is 5.82 Å². The molecule has 8 heteroatoms. The Hall–Kier alpha value is -1.26. The van der Waals surface area contributed by atoms with E-state index in [1.54, 1.807) is 22.2 Å². The average Bonchev–Trinajstić information content (AvgIpc) is 2.97. The second kappa shape index (κ2) is 4.78. The summed E-state index contributed by atoms with van der Waals surface area (Å²) in [5.74, 6) is 6.83. The van der Waals surface area contributed by atoms with Gasteiger partial charge in [0.05, 0.1) is 15.2 Å². The van der Waals surface area contributed by atoms with E-state index in [4.69, 9.17) is 5.84 Å².